The van der Waals surface area contributed by atoms with Gasteiger partial charge in [-0.25, -0.2) is 0 Å². The molecule has 1 saturated heterocycles. The molecule has 0 aromatic heterocycles. The van der Waals surface area contributed by atoms with Crippen LogP contribution < -0.4 is 10.1 Å². The zero-order valence-corrected chi connectivity index (χ0v) is 12.3. The van der Waals surface area contributed by atoms with E-state index in [1.807, 2.05) is 0 Å². The second kappa shape index (κ2) is 7.33. The van der Waals surface area contributed by atoms with Crippen molar-refractivity contribution < 1.29 is 17.9 Å². The summed E-state index contributed by atoms with van der Waals surface area (Å²) in [6.45, 7) is 4.84. The Labute approximate surface area is 127 Å². The molecular weight excluding hydrogens is 305 g/mol. The Kier molecular flexibility index (Phi) is 5.72. The first-order valence-corrected chi connectivity index (χ1v) is 7.28. The highest BCUT2D eigenvalue weighted by molar-refractivity contribution is 6.32. The SMILES string of the molecule is FC(F)(F)c1cccc(Cl)c1OCCCN1CCNCC1. The topological polar surface area (TPSA) is 24.5 Å². The van der Waals surface area contributed by atoms with E-state index >= 15 is 0 Å². The summed E-state index contributed by atoms with van der Waals surface area (Å²) in [6.07, 6.45) is -3.79. The van der Waals surface area contributed by atoms with Crippen molar-refractivity contribution in [2.75, 3.05) is 39.3 Å². The first kappa shape index (κ1) is 16.4. The van der Waals surface area contributed by atoms with E-state index in [9.17, 15) is 13.2 Å². The molecule has 21 heavy (non-hydrogen) atoms. The molecule has 1 N–H and O–H groups in total. The number of rotatable bonds is 5. The maximum absolute atomic E-state index is 12.9. The molecule has 1 aliphatic rings. The maximum Gasteiger partial charge on any atom is 0.420 e. The summed E-state index contributed by atoms with van der Waals surface area (Å²) in [5.74, 6) is -0.271. The van der Waals surface area contributed by atoms with E-state index in [1.54, 1.807) is 0 Å². The van der Waals surface area contributed by atoms with Crippen molar-refractivity contribution in [1.29, 1.82) is 0 Å². The average molecular weight is 323 g/mol. The molecule has 0 atom stereocenters. The Bertz CT molecular complexity index is 462. The van der Waals surface area contributed by atoms with Crippen molar-refractivity contribution >= 4 is 11.6 Å². The van der Waals surface area contributed by atoms with Gasteiger partial charge in [0.15, 0.2) is 0 Å². The number of nitrogens with one attached hydrogen (secondary N) is 1. The minimum Gasteiger partial charge on any atom is -0.491 e. The zero-order chi connectivity index (χ0) is 15.3. The molecule has 0 saturated carbocycles. The van der Waals surface area contributed by atoms with Gasteiger partial charge >= 0.3 is 6.18 Å². The molecule has 1 aliphatic heterocycles. The first-order valence-electron chi connectivity index (χ1n) is 6.90. The molecule has 0 amide bonds. The molecule has 118 valence electrons. The van der Waals surface area contributed by atoms with Gasteiger partial charge in [0.1, 0.15) is 5.75 Å². The van der Waals surface area contributed by atoms with Gasteiger partial charge in [-0.15, -0.1) is 0 Å². The van der Waals surface area contributed by atoms with Crippen molar-refractivity contribution in [3.8, 4) is 5.75 Å². The number of para-hydroxylation sites is 1. The highest BCUT2D eigenvalue weighted by atomic mass is 35.5. The van der Waals surface area contributed by atoms with Crippen LogP contribution in [0.3, 0.4) is 0 Å². The second-order valence-corrected chi connectivity index (χ2v) is 5.32. The summed E-state index contributed by atoms with van der Waals surface area (Å²) in [4.78, 5) is 2.26. The number of nitrogens with zero attached hydrogens (tertiary/aromatic N) is 1. The number of ether oxygens (including phenoxy) is 1. The molecule has 0 radical (unpaired) electrons. The standard InChI is InChI=1S/C14H18ClF3N2O/c15-12-4-1-3-11(14(16,17)18)13(12)21-10-2-7-20-8-5-19-6-9-20/h1,3-4,19H,2,5-10H2. The van der Waals surface area contributed by atoms with Gasteiger partial charge in [-0.3, -0.25) is 0 Å². The largest absolute Gasteiger partial charge is 0.491 e. The lowest BCUT2D eigenvalue weighted by atomic mass is 10.2. The Morgan fingerprint density at radius 1 is 1.24 bits per heavy atom. The normalized spacial score (nSPS) is 17.0. The summed E-state index contributed by atoms with van der Waals surface area (Å²) in [5, 5.41) is 3.24. The third kappa shape index (κ3) is 4.76. The summed E-state index contributed by atoms with van der Waals surface area (Å²) in [7, 11) is 0. The van der Waals surface area contributed by atoms with Gasteiger partial charge in [-0.1, -0.05) is 17.7 Å². The number of piperazine rings is 1. The molecule has 2 rings (SSSR count). The summed E-state index contributed by atoms with van der Waals surface area (Å²) >= 11 is 5.82. The van der Waals surface area contributed by atoms with Crippen molar-refractivity contribution in [2.24, 2.45) is 0 Å². The lowest BCUT2D eigenvalue weighted by Gasteiger charge is -2.27. The zero-order valence-electron chi connectivity index (χ0n) is 11.5. The van der Waals surface area contributed by atoms with Gasteiger partial charge in [0.25, 0.3) is 0 Å². The number of hydrogen-bond acceptors (Lipinski definition) is 3. The van der Waals surface area contributed by atoms with Crippen LogP contribution in [0.1, 0.15) is 12.0 Å². The molecule has 0 aliphatic carbocycles. The molecule has 3 nitrogen and oxygen atoms in total. The van der Waals surface area contributed by atoms with E-state index in [2.05, 4.69) is 10.2 Å². The van der Waals surface area contributed by atoms with Gasteiger partial charge in [0.2, 0.25) is 0 Å². The van der Waals surface area contributed by atoms with Crippen LogP contribution in [0.2, 0.25) is 5.02 Å². The van der Waals surface area contributed by atoms with Crippen molar-refractivity contribution in [2.45, 2.75) is 12.6 Å². The minimum absolute atomic E-state index is 0.00741. The molecule has 1 aromatic carbocycles. The Hall–Kier alpha value is -0.980. The van der Waals surface area contributed by atoms with Crippen LogP contribution in [0.15, 0.2) is 18.2 Å². The molecule has 0 unspecified atom stereocenters. The highest BCUT2D eigenvalue weighted by Crippen LogP contribution is 2.40. The second-order valence-electron chi connectivity index (χ2n) is 4.91. The van der Waals surface area contributed by atoms with E-state index < -0.39 is 11.7 Å². The predicted molar refractivity (Wildman–Crippen MR) is 75.9 cm³/mol. The van der Waals surface area contributed by atoms with Crippen LogP contribution in [0.4, 0.5) is 13.2 Å². The quantitative estimate of drug-likeness (QED) is 0.843. The van der Waals surface area contributed by atoms with Crippen LogP contribution in [0.5, 0.6) is 5.75 Å². The smallest absolute Gasteiger partial charge is 0.420 e. The van der Waals surface area contributed by atoms with Crippen LogP contribution in [0.25, 0.3) is 0 Å². The number of halogens is 4. The van der Waals surface area contributed by atoms with Crippen LogP contribution in [-0.4, -0.2) is 44.2 Å². The first-order chi connectivity index (χ1) is 9.98. The fraction of sp³-hybridized carbons (Fsp3) is 0.571. The van der Waals surface area contributed by atoms with Crippen molar-refractivity contribution in [3.05, 3.63) is 28.8 Å². The van der Waals surface area contributed by atoms with E-state index in [4.69, 9.17) is 16.3 Å². The fourth-order valence-electron chi connectivity index (χ4n) is 2.28. The summed E-state index contributed by atoms with van der Waals surface area (Å²) in [6, 6.07) is 3.67. The van der Waals surface area contributed by atoms with Gasteiger partial charge < -0.3 is 15.0 Å². The van der Waals surface area contributed by atoms with E-state index in [0.717, 1.165) is 38.8 Å². The molecule has 1 heterocycles. The Balaban J connectivity index is 1.87. The van der Waals surface area contributed by atoms with Gasteiger partial charge in [-0.05, 0) is 18.6 Å². The highest BCUT2D eigenvalue weighted by Gasteiger charge is 2.35. The van der Waals surface area contributed by atoms with E-state index in [0.29, 0.717) is 6.42 Å². The predicted octanol–water partition coefficient (Wildman–Crippen LogP) is 3.03. The minimum atomic E-state index is -4.46. The van der Waals surface area contributed by atoms with Gasteiger partial charge in [0.05, 0.1) is 17.2 Å². The Morgan fingerprint density at radius 2 is 1.95 bits per heavy atom. The van der Waals surface area contributed by atoms with Crippen molar-refractivity contribution in [3.63, 3.8) is 0 Å². The number of benzene rings is 1. The Morgan fingerprint density at radius 3 is 2.62 bits per heavy atom. The molecule has 0 spiro atoms. The van der Waals surface area contributed by atoms with Gasteiger partial charge in [0, 0.05) is 32.7 Å². The fourth-order valence-corrected chi connectivity index (χ4v) is 2.50. The summed E-state index contributed by atoms with van der Waals surface area (Å²) < 4.78 is 43.9. The molecule has 1 aromatic rings. The maximum atomic E-state index is 12.9. The van der Waals surface area contributed by atoms with Crippen LogP contribution >= 0.6 is 11.6 Å². The van der Waals surface area contributed by atoms with Gasteiger partial charge in [-0.2, -0.15) is 13.2 Å². The van der Waals surface area contributed by atoms with E-state index in [1.165, 1.54) is 12.1 Å². The summed E-state index contributed by atoms with van der Waals surface area (Å²) in [5.41, 5.74) is -0.822. The lowest BCUT2D eigenvalue weighted by Crippen LogP contribution is -2.44. The third-order valence-electron chi connectivity index (χ3n) is 3.35. The van der Waals surface area contributed by atoms with Crippen molar-refractivity contribution in [1.82, 2.24) is 10.2 Å². The molecule has 1 fully saturated rings. The monoisotopic (exact) mass is 322 g/mol. The number of alkyl halides is 3. The van der Waals surface area contributed by atoms with Crippen LogP contribution in [-0.2, 0) is 6.18 Å². The lowest BCUT2D eigenvalue weighted by molar-refractivity contribution is -0.138. The molecular formula is C14H18ClF3N2O. The number of hydrogen-bond donors (Lipinski definition) is 1. The molecule has 0 bridgehead atoms. The average Bonchev–Trinajstić information content (AvgIpc) is 2.45. The van der Waals surface area contributed by atoms with Crippen LogP contribution in [0, 0.1) is 0 Å². The molecule has 7 heteroatoms. The van der Waals surface area contributed by atoms with E-state index in [-0.39, 0.29) is 17.4 Å². The third-order valence-corrected chi connectivity index (χ3v) is 3.64.